The van der Waals surface area contributed by atoms with Crippen LogP contribution in [-0.2, 0) is 11.3 Å². The van der Waals surface area contributed by atoms with Gasteiger partial charge in [0.15, 0.2) is 0 Å². The summed E-state index contributed by atoms with van der Waals surface area (Å²) in [6.07, 6.45) is 5.13. The highest BCUT2D eigenvalue weighted by molar-refractivity contribution is 5.68. The monoisotopic (exact) mass is 421 g/mol. The van der Waals surface area contributed by atoms with Gasteiger partial charge in [-0.1, -0.05) is 12.1 Å². The van der Waals surface area contributed by atoms with E-state index >= 15 is 0 Å². The van der Waals surface area contributed by atoms with E-state index in [2.05, 4.69) is 71.2 Å². The largest absolute Gasteiger partial charge is 0.397 e. The van der Waals surface area contributed by atoms with Crippen LogP contribution in [0.1, 0.15) is 37.1 Å². The van der Waals surface area contributed by atoms with E-state index in [1.165, 1.54) is 11.3 Å². The van der Waals surface area contributed by atoms with Gasteiger partial charge in [-0.25, -0.2) is 0 Å². The zero-order chi connectivity index (χ0) is 21.8. The van der Waals surface area contributed by atoms with Crippen molar-refractivity contribution in [1.82, 2.24) is 15.2 Å². The number of aryl methyl sites for hydroxylation is 1. The number of anilines is 1. The summed E-state index contributed by atoms with van der Waals surface area (Å²) in [7, 11) is 0. The van der Waals surface area contributed by atoms with Crippen molar-refractivity contribution < 1.29 is 4.74 Å². The zero-order valence-corrected chi connectivity index (χ0v) is 19.0. The fourth-order valence-corrected chi connectivity index (χ4v) is 4.54. The van der Waals surface area contributed by atoms with Crippen molar-refractivity contribution >= 4 is 11.4 Å². The summed E-state index contributed by atoms with van der Waals surface area (Å²) in [6.45, 7) is 12.2. The van der Waals surface area contributed by atoms with Crippen LogP contribution in [0, 0.1) is 6.92 Å². The minimum absolute atomic E-state index is 0.0257. The molecule has 0 saturated carbocycles. The third-order valence-corrected chi connectivity index (χ3v) is 6.18. The van der Waals surface area contributed by atoms with Gasteiger partial charge < -0.3 is 20.7 Å². The fraction of sp³-hybridized carbons (Fsp3) is 0.480. The quantitative estimate of drug-likeness (QED) is 0.716. The van der Waals surface area contributed by atoms with E-state index in [1.54, 1.807) is 0 Å². The van der Waals surface area contributed by atoms with Crippen LogP contribution >= 0.6 is 0 Å². The highest BCUT2D eigenvalue weighted by Crippen LogP contribution is 2.31. The SMILES string of the molecule is Cc1cc(N2CCN(Cc3ccccn3)CC2)ccc1/C(N)=C/NCC1CC(C)(C)O1. The molecule has 1 atom stereocenters. The average molecular weight is 422 g/mol. The molecule has 166 valence electrons. The first-order valence-electron chi connectivity index (χ1n) is 11.2. The Morgan fingerprint density at radius 2 is 2.00 bits per heavy atom. The summed E-state index contributed by atoms with van der Waals surface area (Å²) in [5.41, 5.74) is 11.8. The summed E-state index contributed by atoms with van der Waals surface area (Å²) in [5.74, 6) is 0. The number of benzene rings is 1. The van der Waals surface area contributed by atoms with Gasteiger partial charge in [0.05, 0.1) is 23.1 Å². The molecule has 2 aliphatic rings. The molecular formula is C25H35N5O. The summed E-state index contributed by atoms with van der Waals surface area (Å²) < 4.78 is 5.82. The maximum atomic E-state index is 6.35. The lowest BCUT2D eigenvalue weighted by molar-refractivity contribution is -0.180. The second-order valence-electron chi connectivity index (χ2n) is 9.30. The molecule has 6 heteroatoms. The Kier molecular flexibility index (Phi) is 6.49. The molecule has 0 amide bonds. The average Bonchev–Trinajstić information content (AvgIpc) is 2.73. The predicted octanol–water partition coefficient (Wildman–Crippen LogP) is 3.13. The first-order valence-corrected chi connectivity index (χ1v) is 11.2. The molecule has 4 rings (SSSR count). The maximum absolute atomic E-state index is 6.35. The van der Waals surface area contributed by atoms with E-state index in [9.17, 15) is 0 Å². The standard InChI is InChI=1S/C25H35N5O/c1-19-14-21(30-12-10-29(11-13-30)18-20-6-4-5-9-28-20)7-8-23(19)24(26)17-27-16-22-15-25(2,3)31-22/h4-9,14,17,22,27H,10-13,15-16,18,26H2,1-3H3/b24-17-. The van der Waals surface area contributed by atoms with Gasteiger partial charge >= 0.3 is 0 Å². The molecule has 2 saturated heterocycles. The van der Waals surface area contributed by atoms with E-state index in [4.69, 9.17) is 10.5 Å². The first-order chi connectivity index (χ1) is 14.9. The van der Waals surface area contributed by atoms with Crippen molar-refractivity contribution in [2.75, 3.05) is 37.6 Å². The molecule has 1 aromatic heterocycles. The zero-order valence-electron chi connectivity index (χ0n) is 19.0. The Bertz CT molecular complexity index is 895. The van der Waals surface area contributed by atoms with Crippen molar-refractivity contribution in [3.05, 3.63) is 65.6 Å². The van der Waals surface area contributed by atoms with Crippen LogP contribution in [0.2, 0.25) is 0 Å². The Balaban J connectivity index is 1.29. The number of nitrogens with one attached hydrogen (secondary N) is 1. The minimum atomic E-state index is 0.0257. The lowest BCUT2D eigenvalue weighted by Gasteiger charge is -2.43. The van der Waals surface area contributed by atoms with Crippen molar-refractivity contribution in [2.45, 2.75) is 45.4 Å². The predicted molar refractivity (Wildman–Crippen MR) is 127 cm³/mol. The summed E-state index contributed by atoms with van der Waals surface area (Å²) >= 11 is 0. The van der Waals surface area contributed by atoms with Gasteiger partial charge in [-0.3, -0.25) is 9.88 Å². The molecule has 0 spiro atoms. The van der Waals surface area contributed by atoms with Crippen LogP contribution in [0.25, 0.3) is 5.70 Å². The van der Waals surface area contributed by atoms with Gasteiger partial charge in [-0.15, -0.1) is 0 Å². The Hall–Kier alpha value is -2.57. The summed E-state index contributed by atoms with van der Waals surface area (Å²) in [4.78, 5) is 9.38. The van der Waals surface area contributed by atoms with Gasteiger partial charge in [0.2, 0.25) is 0 Å². The molecule has 6 nitrogen and oxygen atoms in total. The number of ether oxygens (including phenoxy) is 1. The number of nitrogens with zero attached hydrogens (tertiary/aromatic N) is 3. The number of nitrogens with two attached hydrogens (primary N) is 1. The fourth-order valence-electron chi connectivity index (χ4n) is 4.54. The Labute approximate surface area is 186 Å². The molecule has 1 unspecified atom stereocenters. The van der Waals surface area contributed by atoms with E-state index < -0.39 is 0 Å². The van der Waals surface area contributed by atoms with Gasteiger partial charge in [-0.2, -0.15) is 0 Å². The molecule has 31 heavy (non-hydrogen) atoms. The Morgan fingerprint density at radius 3 is 2.65 bits per heavy atom. The first kappa shape index (κ1) is 21.7. The van der Waals surface area contributed by atoms with Gasteiger partial charge in [-0.05, 0) is 50.6 Å². The normalized spacial score (nSPS) is 21.6. The van der Waals surface area contributed by atoms with Gasteiger partial charge in [0.1, 0.15) is 0 Å². The van der Waals surface area contributed by atoms with Crippen LogP contribution in [0.4, 0.5) is 5.69 Å². The second kappa shape index (κ2) is 9.28. The van der Waals surface area contributed by atoms with Crippen molar-refractivity contribution in [1.29, 1.82) is 0 Å². The molecule has 2 fully saturated rings. The van der Waals surface area contributed by atoms with Crippen LogP contribution in [-0.4, -0.2) is 54.3 Å². The molecule has 2 aromatic rings. The number of rotatable bonds is 7. The number of hydrogen-bond donors (Lipinski definition) is 2. The second-order valence-corrected chi connectivity index (χ2v) is 9.30. The van der Waals surface area contributed by atoms with E-state index in [-0.39, 0.29) is 11.7 Å². The highest BCUT2D eigenvalue weighted by Gasteiger charge is 2.36. The van der Waals surface area contributed by atoms with Gasteiger partial charge in [0, 0.05) is 69.3 Å². The number of pyridine rings is 1. The molecule has 3 N–H and O–H groups in total. The van der Waals surface area contributed by atoms with Crippen molar-refractivity contribution in [3.63, 3.8) is 0 Å². The number of piperazine rings is 1. The van der Waals surface area contributed by atoms with Crippen LogP contribution in [0.3, 0.4) is 0 Å². The summed E-state index contributed by atoms with van der Waals surface area (Å²) in [6, 6.07) is 12.7. The molecule has 2 aliphatic heterocycles. The van der Waals surface area contributed by atoms with Gasteiger partial charge in [0.25, 0.3) is 0 Å². The lowest BCUT2D eigenvalue weighted by Crippen LogP contribution is -2.49. The molecule has 0 bridgehead atoms. The number of hydrogen-bond acceptors (Lipinski definition) is 6. The minimum Gasteiger partial charge on any atom is -0.397 e. The molecular weight excluding hydrogens is 386 g/mol. The smallest absolute Gasteiger partial charge is 0.0781 e. The lowest BCUT2D eigenvalue weighted by atomic mass is 9.93. The van der Waals surface area contributed by atoms with E-state index in [0.29, 0.717) is 0 Å². The molecule has 3 heterocycles. The third kappa shape index (κ3) is 5.57. The number of aromatic nitrogens is 1. The van der Waals surface area contributed by atoms with Crippen LogP contribution < -0.4 is 16.0 Å². The third-order valence-electron chi connectivity index (χ3n) is 6.18. The van der Waals surface area contributed by atoms with Crippen molar-refractivity contribution in [2.24, 2.45) is 5.73 Å². The summed E-state index contributed by atoms with van der Waals surface area (Å²) in [5, 5.41) is 3.32. The molecule has 0 aliphatic carbocycles. The van der Waals surface area contributed by atoms with E-state index in [0.717, 1.165) is 62.6 Å². The highest BCUT2D eigenvalue weighted by atomic mass is 16.5. The topological polar surface area (TPSA) is 66.7 Å². The van der Waals surface area contributed by atoms with Crippen molar-refractivity contribution in [3.8, 4) is 0 Å². The Morgan fingerprint density at radius 1 is 1.23 bits per heavy atom. The molecule has 0 radical (unpaired) electrons. The van der Waals surface area contributed by atoms with E-state index in [1.807, 2.05) is 18.5 Å². The van der Waals surface area contributed by atoms with Crippen LogP contribution in [0.15, 0.2) is 48.8 Å². The van der Waals surface area contributed by atoms with Crippen LogP contribution in [0.5, 0.6) is 0 Å². The molecule has 1 aromatic carbocycles. The maximum Gasteiger partial charge on any atom is 0.0781 e.